The molecule has 2 aliphatic heterocycles. The summed E-state index contributed by atoms with van der Waals surface area (Å²) in [4.78, 5) is 46.0. The van der Waals surface area contributed by atoms with Crippen LogP contribution in [-0.4, -0.2) is 47.2 Å². The molecule has 2 unspecified atom stereocenters. The van der Waals surface area contributed by atoms with E-state index in [1.165, 1.54) is 11.3 Å². The summed E-state index contributed by atoms with van der Waals surface area (Å²) in [6, 6.07) is 7.86. The lowest BCUT2D eigenvalue weighted by atomic mass is 9.95. The second-order valence-corrected chi connectivity index (χ2v) is 8.73. The van der Waals surface area contributed by atoms with Gasteiger partial charge < -0.3 is 15.1 Å². The molecule has 3 amide bonds. The maximum atomic E-state index is 13.2. The van der Waals surface area contributed by atoms with Crippen molar-refractivity contribution >= 4 is 39.9 Å². The fraction of sp³-hybridized carbons (Fsp3) is 0.455. The molecular weight excluding hydrogens is 400 g/mol. The number of benzene rings is 1. The number of likely N-dealkylation sites (tertiary alicyclic amines) is 1. The van der Waals surface area contributed by atoms with E-state index in [0.29, 0.717) is 24.8 Å². The molecule has 30 heavy (non-hydrogen) atoms. The third-order valence-corrected chi connectivity index (χ3v) is 6.59. The molecule has 3 heterocycles. The Bertz CT molecular complexity index is 930. The average molecular weight is 427 g/mol. The van der Waals surface area contributed by atoms with E-state index < -0.39 is 0 Å². The summed E-state index contributed by atoms with van der Waals surface area (Å²) in [5.41, 5.74) is 2.01. The van der Waals surface area contributed by atoms with Crippen LogP contribution in [0.1, 0.15) is 31.7 Å². The minimum Gasteiger partial charge on any atom is -0.342 e. The minimum atomic E-state index is -0.358. The molecule has 2 aliphatic rings. The molecule has 0 saturated carbocycles. The SMILES string of the molecule is CCc1ccccc1N1CC(C(=O)N2CCCC(C(=O)Nc3nccs3)C2)CC1=O. The Morgan fingerprint density at radius 1 is 1.23 bits per heavy atom. The number of hydrogen-bond acceptors (Lipinski definition) is 5. The molecule has 2 fully saturated rings. The number of carbonyl (C=O) groups excluding carboxylic acids is 3. The first-order valence-electron chi connectivity index (χ1n) is 10.4. The van der Waals surface area contributed by atoms with Crippen molar-refractivity contribution in [2.45, 2.75) is 32.6 Å². The van der Waals surface area contributed by atoms with Crippen molar-refractivity contribution < 1.29 is 14.4 Å². The number of amides is 3. The van der Waals surface area contributed by atoms with Crippen molar-refractivity contribution in [3.8, 4) is 0 Å². The largest absolute Gasteiger partial charge is 0.342 e. The van der Waals surface area contributed by atoms with Crippen molar-refractivity contribution in [3.63, 3.8) is 0 Å². The van der Waals surface area contributed by atoms with Crippen molar-refractivity contribution in [2.75, 3.05) is 29.9 Å². The van der Waals surface area contributed by atoms with Crippen LogP contribution in [-0.2, 0) is 20.8 Å². The summed E-state index contributed by atoms with van der Waals surface area (Å²) < 4.78 is 0. The molecule has 0 bridgehead atoms. The summed E-state index contributed by atoms with van der Waals surface area (Å²) in [5.74, 6) is -0.733. The lowest BCUT2D eigenvalue weighted by Gasteiger charge is -2.33. The maximum Gasteiger partial charge on any atom is 0.231 e. The quantitative estimate of drug-likeness (QED) is 0.797. The van der Waals surface area contributed by atoms with Crippen LogP contribution in [0.4, 0.5) is 10.8 Å². The van der Waals surface area contributed by atoms with Gasteiger partial charge in [-0.05, 0) is 30.9 Å². The molecule has 158 valence electrons. The third kappa shape index (κ3) is 4.23. The number of anilines is 2. The summed E-state index contributed by atoms with van der Waals surface area (Å²) in [7, 11) is 0. The highest BCUT2D eigenvalue weighted by Crippen LogP contribution is 2.30. The lowest BCUT2D eigenvalue weighted by molar-refractivity contribution is -0.138. The molecule has 1 aromatic heterocycles. The average Bonchev–Trinajstić information content (AvgIpc) is 3.42. The summed E-state index contributed by atoms with van der Waals surface area (Å²) >= 11 is 1.38. The van der Waals surface area contributed by atoms with Crippen LogP contribution in [0, 0.1) is 11.8 Å². The molecule has 2 saturated heterocycles. The predicted octanol–water partition coefficient (Wildman–Crippen LogP) is 2.94. The Labute approximate surface area is 180 Å². The van der Waals surface area contributed by atoms with Crippen molar-refractivity contribution in [1.29, 1.82) is 0 Å². The number of nitrogens with one attached hydrogen (secondary N) is 1. The zero-order chi connectivity index (χ0) is 21.1. The number of rotatable bonds is 5. The molecule has 4 rings (SSSR count). The fourth-order valence-corrected chi connectivity index (χ4v) is 4.85. The smallest absolute Gasteiger partial charge is 0.231 e. The highest BCUT2D eigenvalue weighted by molar-refractivity contribution is 7.13. The molecule has 0 spiro atoms. The zero-order valence-corrected chi connectivity index (χ0v) is 17.9. The first-order chi connectivity index (χ1) is 14.6. The number of hydrogen-bond donors (Lipinski definition) is 1. The maximum absolute atomic E-state index is 13.2. The Morgan fingerprint density at radius 2 is 2.07 bits per heavy atom. The normalized spacial score (nSPS) is 21.7. The van der Waals surface area contributed by atoms with Crippen molar-refractivity contribution in [3.05, 3.63) is 41.4 Å². The highest BCUT2D eigenvalue weighted by Gasteiger charge is 2.39. The van der Waals surface area contributed by atoms with Gasteiger partial charge in [0.25, 0.3) is 0 Å². The number of carbonyl (C=O) groups is 3. The van der Waals surface area contributed by atoms with Crippen LogP contribution >= 0.6 is 11.3 Å². The number of aromatic nitrogens is 1. The molecular formula is C22H26N4O3S. The monoisotopic (exact) mass is 426 g/mol. The number of aryl methyl sites for hydroxylation is 1. The minimum absolute atomic E-state index is 0.00989. The standard InChI is InChI=1S/C22H26N4O3S/c1-2-15-6-3-4-8-18(15)26-14-17(12-19(26)27)21(29)25-10-5-7-16(13-25)20(28)24-22-23-9-11-30-22/h3-4,6,8-9,11,16-17H,2,5,7,10,12-14H2,1H3,(H,23,24,28). The van der Waals surface area contributed by atoms with E-state index in [0.717, 1.165) is 30.5 Å². The van der Waals surface area contributed by atoms with E-state index in [1.54, 1.807) is 16.0 Å². The summed E-state index contributed by atoms with van der Waals surface area (Å²) in [6.45, 7) is 3.50. The topological polar surface area (TPSA) is 82.6 Å². The first-order valence-corrected chi connectivity index (χ1v) is 11.3. The summed E-state index contributed by atoms with van der Waals surface area (Å²) in [5, 5.41) is 5.23. The molecule has 7 nitrogen and oxygen atoms in total. The van der Waals surface area contributed by atoms with Gasteiger partial charge in [0, 0.05) is 43.3 Å². The number of nitrogens with zero attached hydrogens (tertiary/aromatic N) is 3. The van der Waals surface area contributed by atoms with Crippen LogP contribution < -0.4 is 10.2 Å². The second-order valence-electron chi connectivity index (χ2n) is 7.84. The molecule has 1 N–H and O–H groups in total. The van der Waals surface area contributed by atoms with Gasteiger partial charge in [-0.3, -0.25) is 14.4 Å². The van der Waals surface area contributed by atoms with E-state index in [2.05, 4.69) is 17.2 Å². The Balaban J connectivity index is 1.40. The van der Waals surface area contributed by atoms with E-state index >= 15 is 0 Å². The van der Waals surface area contributed by atoms with E-state index in [-0.39, 0.29) is 36.0 Å². The molecule has 1 aromatic carbocycles. The van der Waals surface area contributed by atoms with Gasteiger partial charge in [-0.25, -0.2) is 4.98 Å². The molecule has 8 heteroatoms. The van der Waals surface area contributed by atoms with Gasteiger partial charge in [-0.2, -0.15) is 0 Å². The van der Waals surface area contributed by atoms with Crippen LogP contribution in [0.3, 0.4) is 0 Å². The third-order valence-electron chi connectivity index (χ3n) is 5.90. The summed E-state index contributed by atoms with van der Waals surface area (Å²) in [6.07, 6.45) is 4.24. The van der Waals surface area contributed by atoms with Gasteiger partial charge in [0.2, 0.25) is 17.7 Å². The highest BCUT2D eigenvalue weighted by atomic mass is 32.1. The molecule has 2 atom stereocenters. The van der Waals surface area contributed by atoms with Crippen molar-refractivity contribution in [1.82, 2.24) is 9.88 Å². The van der Waals surface area contributed by atoms with Crippen LogP contribution in [0.25, 0.3) is 0 Å². The Kier molecular flexibility index (Phi) is 6.13. The number of piperidine rings is 1. The molecule has 0 aliphatic carbocycles. The fourth-order valence-electron chi connectivity index (χ4n) is 4.32. The first kappa shape index (κ1) is 20.5. The van der Waals surface area contributed by atoms with E-state index in [9.17, 15) is 14.4 Å². The Hall–Kier alpha value is -2.74. The second kappa shape index (κ2) is 8.95. The Morgan fingerprint density at radius 3 is 2.83 bits per heavy atom. The van der Waals surface area contributed by atoms with Gasteiger partial charge >= 0.3 is 0 Å². The van der Waals surface area contributed by atoms with Gasteiger partial charge in [0.05, 0.1) is 11.8 Å². The van der Waals surface area contributed by atoms with Gasteiger partial charge in [0.1, 0.15) is 0 Å². The zero-order valence-electron chi connectivity index (χ0n) is 17.0. The molecule has 2 aromatic rings. The van der Waals surface area contributed by atoms with Crippen LogP contribution in [0.5, 0.6) is 0 Å². The van der Waals surface area contributed by atoms with Gasteiger partial charge in [-0.15, -0.1) is 11.3 Å². The van der Waals surface area contributed by atoms with E-state index in [4.69, 9.17) is 0 Å². The van der Waals surface area contributed by atoms with E-state index in [1.807, 2.05) is 29.6 Å². The van der Waals surface area contributed by atoms with Crippen molar-refractivity contribution in [2.24, 2.45) is 11.8 Å². The lowest BCUT2D eigenvalue weighted by Crippen LogP contribution is -2.46. The molecule has 0 radical (unpaired) electrons. The number of para-hydroxylation sites is 1. The van der Waals surface area contributed by atoms with Gasteiger partial charge in [-0.1, -0.05) is 25.1 Å². The van der Waals surface area contributed by atoms with Crippen LogP contribution in [0.15, 0.2) is 35.8 Å². The van der Waals surface area contributed by atoms with Crippen LogP contribution in [0.2, 0.25) is 0 Å². The predicted molar refractivity (Wildman–Crippen MR) is 116 cm³/mol. The number of thiazole rings is 1. The van der Waals surface area contributed by atoms with Gasteiger partial charge in [0.15, 0.2) is 5.13 Å².